The predicted molar refractivity (Wildman–Crippen MR) is 45.0 cm³/mol. The summed E-state index contributed by atoms with van der Waals surface area (Å²) in [6.45, 7) is 2.68. The smallest absolute Gasteiger partial charge is 0.0719 e. The highest BCUT2D eigenvalue weighted by molar-refractivity contribution is 5.25. The van der Waals surface area contributed by atoms with Crippen LogP contribution in [0.25, 0.3) is 0 Å². The molecule has 0 bridgehead atoms. The van der Waals surface area contributed by atoms with E-state index in [9.17, 15) is 0 Å². The van der Waals surface area contributed by atoms with Gasteiger partial charge in [-0.15, -0.1) is 0 Å². The van der Waals surface area contributed by atoms with E-state index in [0.29, 0.717) is 6.61 Å². The third-order valence-corrected chi connectivity index (χ3v) is 1.75. The lowest BCUT2D eigenvalue weighted by molar-refractivity contribution is 0.141. The summed E-state index contributed by atoms with van der Waals surface area (Å²) in [5.74, 6) is 4.93. The van der Waals surface area contributed by atoms with Gasteiger partial charge in [0.25, 0.3) is 0 Å². The van der Waals surface area contributed by atoms with Gasteiger partial charge < -0.3 is 4.84 Å². The van der Waals surface area contributed by atoms with Gasteiger partial charge in [-0.3, -0.25) is 0 Å². The minimum Gasteiger partial charge on any atom is -0.304 e. The maximum atomic E-state index is 4.93. The van der Waals surface area contributed by atoms with Gasteiger partial charge in [0.1, 0.15) is 0 Å². The molecular formula is C9H13NO. The van der Waals surface area contributed by atoms with Crippen LogP contribution < -0.4 is 5.90 Å². The summed E-state index contributed by atoms with van der Waals surface area (Å²) in [5, 5.41) is 0. The molecule has 0 aliphatic rings. The fourth-order valence-corrected chi connectivity index (χ4v) is 1.06. The second-order valence-electron chi connectivity index (χ2n) is 2.55. The number of benzene rings is 1. The van der Waals surface area contributed by atoms with Gasteiger partial charge >= 0.3 is 0 Å². The van der Waals surface area contributed by atoms with Crippen molar-refractivity contribution in [3.63, 3.8) is 0 Å². The minimum atomic E-state index is 0.588. The second-order valence-corrected chi connectivity index (χ2v) is 2.55. The Balaban J connectivity index is 2.62. The first-order chi connectivity index (χ1) is 5.34. The van der Waals surface area contributed by atoms with E-state index < -0.39 is 0 Å². The van der Waals surface area contributed by atoms with Crippen LogP contribution in [0.3, 0.4) is 0 Å². The third kappa shape index (κ3) is 2.33. The van der Waals surface area contributed by atoms with Crippen LogP contribution in [0.1, 0.15) is 11.1 Å². The highest BCUT2D eigenvalue weighted by atomic mass is 16.6. The largest absolute Gasteiger partial charge is 0.304 e. The van der Waals surface area contributed by atoms with Crippen molar-refractivity contribution in [2.24, 2.45) is 5.90 Å². The van der Waals surface area contributed by atoms with Gasteiger partial charge in [0.15, 0.2) is 0 Å². The molecule has 60 valence electrons. The Hall–Kier alpha value is -0.860. The lowest BCUT2D eigenvalue weighted by Crippen LogP contribution is -2.04. The SMILES string of the molecule is Cc1ccccc1CCON. The minimum absolute atomic E-state index is 0.588. The molecule has 0 unspecified atom stereocenters. The molecule has 0 aliphatic heterocycles. The van der Waals surface area contributed by atoms with Crippen LogP contribution in [0.5, 0.6) is 0 Å². The van der Waals surface area contributed by atoms with Crippen LogP contribution in [0.15, 0.2) is 24.3 Å². The number of rotatable bonds is 3. The predicted octanol–water partition coefficient (Wildman–Crippen LogP) is 1.43. The molecule has 1 aromatic rings. The molecule has 1 rings (SSSR count). The van der Waals surface area contributed by atoms with Crippen LogP contribution >= 0.6 is 0 Å². The highest BCUT2D eigenvalue weighted by Crippen LogP contribution is 2.06. The molecule has 0 saturated carbocycles. The molecule has 0 aromatic heterocycles. The molecule has 0 fully saturated rings. The van der Waals surface area contributed by atoms with E-state index in [1.807, 2.05) is 12.1 Å². The standard InChI is InChI=1S/C9H13NO/c1-8-4-2-3-5-9(8)6-7-11-10/h2-5H,6-7,10H2,1H3. The summed E-state index contributed by atoms with van der Waals surface area (Å²) in [6, 6.07) is 8.24. The van der Waals surface area contributed by atoms with Crippen LogP contribution in [0.2, 0.25) is 0 Å². The first kappa shape index (κ1) is 8.24. The summed E-state index contributed by atoms with van der Waals surface area (Å²) < 4.78 is 0. The molecule has 1 aromatic carbocycles. The van der Waals surface area contributed by atoms with Crippen LogP contribution in [0, 0.1) is 6.92 Å². The van der Waals surface area contributed by atoms with Gasteiger partial charge in [-0.2, -0.15) is 0 Å². The van der Waals surface area contributed by atoms with E-state index >= 15 is 0 Å². The molecule has 0 heterocycles. The van der Waals surface area contributed by atoms with Gasteiger partial charge in [0, 0.05) is 0 Å². The van der Waals surface area contributed by atoms with Crippen LogP contribution in [-0.4, -0.2) is 6.61 Å². The fourth-order valence-electron chi connectivity index (χ4n) is 1.06. The summed E-state index contributed by atoms with van der Waals surface area (Å²) in [7, 11) is 0. The van der Waals surface area contributed by atoms with E-state index in [-0.39, 0.29) is 0 Å². The number of aryl methyl sites for hydroxylation is 1. The molecule has 0 saturated heterocycles. The quantitative estimate of drug-likeness (QED) is 0.663. The van der Waals surface area contributed by atoms with Gasteiger partial charge in [0.05, 0.1) is 6.61 Å². The Labute approximate surface area is 66.9 Å². The molecule has 0 amide bonds. The number of hydrogen-bond donors (Lipinski definition) is 1. The fraction of sp³-hybridized carbons (Fsp3) is 0.333. The molecule has 0 atom stereocenters. The van der Waals surface area contributed by atoms with E-state index in [1.165, 1.54) is 11.1 Å². The molecule has 2 heteroatoms. The van der Waals surface area contributed by atoms with Crippen LogP contribution in [-0.2, 0) is 11.3 Å². The van der Waals surface area contributed by atoms with E-state index in [4.69, 9.17) is 5.90 Å². The monoisotopic (exact) mass is 151 g/mol. The number of nitrogens with two attached hydrogens (primary N) is 1. The van der Waals surface area contributed by atoms with E-state index in [2.05, 4.69) is 23.9 Å². The molecule has 11 heavy (non-hydrogen) atoms. The first-order valence-electron chi connectivity index (χ1n) is 3.71. The van der Waals surface area contributed by atoms with Gasteiger partial charge in [-0.1, -0.05) is 24.3 Å². The average molecular weight is 151 g/mol. The Morgan fingerprint density at radius 1 is 1.36 bits per heavy atom. The zero-order valence-electron chi connectivity index (χ0n) is 6.71. The van der Waals surface area contributed by atoms with Crippen molar-refractivity contribution in [2.75, 3.05) is 6.61 Å². The first-order valence-corrected chi connectivity index (χ1v) is 3.71. The summed E-state index contributed by atoms with van der Waals surface area (Å²) in [6.07, 6.45) is 0.892. The third-order valence-electron chi connectivity index (χ3n) is 1.75. The zero-order valence-corrected chi connectivity index (χ0v) is 6.71. The van der Waals surface area contributed by atoms with Crippen LogP contribution in [0.4, 0.5) is 0 Å². The Bertz CT molecular complexity index is 223. The van der Waals surface area contributed by atoms with Gasteiger partial charge in [0.2, 0.25) is 0 Å². The second kappa shape index (κ2) is 4.11. The Kier molecular flexibility index (Phi) is 3.08. The van der Waals surface area contributed by atoms with Crippen molar-refractivity contribution in [3.8, 4) is 0 Å². The normalized spacial score (nSPS) is 10.0. The topological polar surface area (TPSA) is 35.2 Å². The molecule has 0 aliphatic carbocycles. The molecule has 2 N–H and O–H groups in total. The molecule has 0 spiro atoms. The zero-order chi connectivity index (χ0) is 8.10. The maximum absolute atomic E-state index is 4.93. The maximum Gasteiger partial charge on any atom is 0.0719 e. The summed E-state index contributed by atoms with van der Waals surface area (Å²) in [5.41, 5.74) is 2.60. The van der Waals surface area contributed by atoms with Gasteiger partial charge in [-0.25, -0.2) is 5.90 Å². The van der Waals surface area contributed by atoms with Crippen molar-refractivity contribution < 1.29 is 4.84 Å². The number of hydrogen-bond acceptors (Lipinski definition) is 2. The summed E-state index contributed by atoms with van der Waals surface area (Å²) in [4.78, 5) is 4.50. The highest BCUT2D eigenvalue weighted by Gasteiger charge is 1.94. The van der Waals surface area contributed by atoms with Crippen molar-refractivity contribution in [3.05, 3.63) is 35.4 Å². The van der Waals surface area contributed by atoms with Crippen molar-refractivity contribution >= 4 is 0 Å². The van der Waals surface area contributed by atoms with Crippen molar-refractivity contribution in [1.82, 2.24) is 0 Å². The molecule has 0 radical (unpaired) electrons. The van der Waals surface area contributed by atoms with Crippen molar-refractivity contribution in [1.29, 1.82) is 0 Å². The molecular weight excluding hydrogens is 138 g/mol. The lowest BCUT2D eigenvalue weighted by atomic mass is 10.1. The van der Waals surface area contributed by atoms with Crippen molar-refractivity contribution in [2.45, 2.75) is 13.3 Å². The van der Waals surface area contributed by atoms with Gasteiger partial charge in [-0.05, 0) is 24.5 Å². The Morgan fingerprint density at radius 2 is 2.09 bits per heavy atom. The Morgan fingerprint density at radius 3 is 2.73 bits per heavy atom. The summed E-state index contributed by atoms with van der Waals surface area (Å²) >= 11 is 0. The van der Waals surface area contributed by atoms with E-state index in [0.717, 1.165) is 6.42 Å². The lowest BCUT2D eigenvalue weighted by Gasteiger charge is -2.02. The molecule has 2 nitrogen and oxygen atoms in total. The van der Waals surface area contributed by atoms with E-state index in [1.54, 1.807) is 0 Å². The average Bonchev–Trinajstić information content (AvgIpc) is 2.03.